The number of aromatic amines is 1. The van der Waals surface area contributed by atoms with E-state index < -0.39 is 11.6 Å². The molecule has 1 aliphatic heterocycles. The Morgan fingerprint density at radius 2 is 1.82 bits per heavy atom. The number of aryl methyl sites for hydroxylation is 3. The fourth-order valence-corrected chi connectivity index (χ4v) is 5.79. The molecule has 1 aliphatic rings. The van der Waals surface area contributed by atoms with Gasteiger partial charge in [0.15, 0.2) is 0 Å². The van der Waals surface area contributed by atoms with Gasteiger partial charge >= 0.3 is 0 Å². The molecular formula is C29H30N2OS. The largest absolute Gasteiger partial charge is 0.390 e. The van der Waals surface area contributed by atoms with Crippen molar-refractivity contribution in [2.45, 2.75) is 59.1 Å². The molecule has 2 atom stereocenters. The second kappa shape index (κ2) is 7.80. The minimum Gasteiger partial charge on any atom is -0.390 e. The number of nitrogens with one attached hydrogen (secondary N) is 2. The van der Waals surface area contributed by atoms with Crippen LogP contribution in [0.3, 0.4) is 0 Å². The summed E-state index contributed by atoms with van der Waals surface area (Å²) in [5.74, 6) is 6.90. The molecule has 1 unspecified atom stereocenters. The molecule has 0 fully saturated rings. The smallest absolute Gasteiger partial charge is 0.0831 e. The van der Waals surface area contributed by atoms with Gasteiger partial charge in [-0.05, 0) is 63.4 Å². The lowest BCUT2D eigenvalue weighted by atomic mass is 9.75. The minimum atomic E-state index is -0.521. The van der Waals surface area contributed by atoms with Gasteiger partial charge in [0, 0.05) is 55.7 Å². The number of aromatic nitrogens is 1. The van der Waals surface area contributed by atoms with Crippen molar-refractivity contribution in [2.24, 2.45) is 0 Å². The lowest BCUT2D eigenvalue weighted by Crippen LogP contribution is -2.50. The van der Waals surface area contributed by atoms with Crippen LogP contribution in [0.2, 0.25) is 0 Å². The molecule has 0 bridgehead atoms. The van der Waals surface area contributed by atoms with Crippen LogP contribution in [0.4, 0.5) is 5.69 Å². The standard InChI is InChI=1S/C29H30N2OS/c1-16-12-24(23-9-7-8-21-17(2)14-30-27(21)23)22(11-10-20-13-18(3)33-15-20)25-19(4)28(32)29(5,6)31-26(16)25/h7-9,12-15,19,28,30-32H,1-6H3/t19-,28?/m0/s1. The number of aliphatic hydroxyl groups excluding tert-OH is 1. The number of rotatable bonds is 1. The van der Waals surface area contributed by atoms with Crippen molar-refractivity contribution in [3.63, 3.8) is 0 Å². The first-order chi connectivity index (χ1) is 15.7. The van der Waals surface area contributed by atoms with E-state index in [0.717, 1.165) is 39.0 Å². The molecule has 0 saturated heterocycles. The third-order valence-electron chi connectivity index (χ3n) is 6.95. The number of para-hydroxylation sites is 1. The number of fused-ring (bicyclic) bond motifs is 2. The summed E-state index contributed by atoms with van der Waals surface area (Å²) in [6.07, 6.45) is 1.54. The van der Waals surface area contributed by atoms with Gasteiger partial charge in [0.2, 0.25) is 0 Å². The zero-order chi connectivity index (χ0) is 23.5. The number of aliphatic hydroxyl groups is 1. The Bertz CT molecular complexity index is 1440. The van der Waals surface area contributed by atoms with E-state index in [4.69, 9.17) is 0 Å². The first-order valence-corrected chi connectivity index (χ1v) is 12.3. The number of H-pyrrole nitrogens is 1. The molecule has 3 N–H and O–H groups in total. The van der Waals surface area contributed by atoms with Crippen molar-refractivity contribution >= 4 is 27.9 Å². The second-order valence-electron chi connectivity index (χ2n) is 9.88. The predicted molar refractivity (Wildman–Crippen MR) is 140 cm³/mol. The summed E-state index contributed by atoms with van der Waals surface area (Å²) in [5.41, 5.74) is 9.60. The molecule has 33 heavy (non-hydrogen) atoms. The first kappa shape index (κ1) is 21.8. The van der Waals surface area contributed by atoms with Gasteiger partial charge in [0.05, 0.1) is 17.2 Å². The average molecular weight is 455 g/mol. The highest BCUT2D eigenvalue weighted by molar-refractivity contribution is 7.10. The topological polar surface area (TPSA) is 48.0 Å². The van der Waals surface area contributed by atoms with Crippen LogP contribution < -0.4 is 5.32 Å². The summed E-state index contributed by atoms with van der Waals surface area (Å²) >= 11 is 1.72. The molecule has 4 aromatic rings. The summed E-state index contributed by atoms with van der Waals surface area (Å²) in [4.78, 5) is 4.73. The number of benzene rings is 2. The van der Waals surface area contributed by atoms with Crippen molar-refractivity contribution in [2.75, 3.05) is 5.32 Å². The summed E-state index contributed by atoms with van der Waals surface area (Å²) < 4.78 is 0. The van der Waals surface area contributed by atoms with Gasteiger partial charge < -0.3 is 15.4 Å². The van der Waals surface area contributed by atoms with Crippen LogP contribution in [-0.4, -0.2) is 21.7 Å². The van der Waals surface area contributed by atoms with Gasteiger partial charge in [0.25, 0.3) is 0 Å². The average Bonchev–Trinajstić information content (AvgIpc) is 3.37. The molecule has 2 aromatic carbocycles. The Morgan fingerprint density at radius 3 is 2.55 bits per heavy atom. The molecular weight excluding hydrogens is 424 g/mol. The third kappa shape index (κ3) is 3.57. The van der Waals surface area contributed by atoms with Gasteiger partial charge in [-0.3, -0.25) is 0 Å². The van der Waals surface area contributed by atoms with E-state index in [1.807, 2.05) is 0 Å². The van der Waals surface area contributed by atoms with Crippen LogP contribution in [-0.2, 0) is 0 Å². The Balaban J connectivity index is 1.83. The fraction of sp³-hybridized carbons (Fsp3) is 0.310. The van der Waals surface area contributed by atoms with E-state index in [1.165, 1.54) is 21.4 Å². The molecule has 0 amide bonds. The third-order valence-corrected chi connectivity index (χ3v) is 7.82. The van der Waals surface area contributed by atoms with Gasteiger partial charge in [0.1, 0.15) is 0 Å². The van der Waals surface area contributed by atoms with Gasteiger partial charge in [-0.25, -0.2) is 0 Å². The van der Waals surface area contributed by atoms with E-state index in [1.54, 1.807) is 11.3 Å². The van der Waals surface area contributed by atoms with Crippen LogP contribution in [0.5, 0.6) is 0 Å². The summed E-state index contributed by atoms with van der Waals surface area (Å²) in [6, 6.07) is 10.8. The Labute approximate surface area is 199 Å². The maximum atomic E-state index is 11.2. The zero-order valence-electron chi connectivity index (χ0n) is 20.1. The number of anilines is 1. The van der Waals surface area contributed by atoms with Crippen molar-refractivity contribution in [1.82, 2.24) is 4.98 Å². The Kier molecular flexibility index (Phi) is 5.16. The summed E-state index contributed by atoms with van der Waals surface area (Å²) in [6.45, 7) is 12.6. The van der Waals surface area contributed by atoms with Crippen molar-refractivity contribution in [1.29, 1.82) is 0 Å². The molecule has 3 nitrogen and oxygen atoms in total. The highest BCUT2D eigenvalue weighted by Crippen LogP contribution is 2.46. The van der Waals surface area contributed by atoms with Crippen LogP contribution >= 0.6 is 11.3 Å². The molecule has 0 saturated carbocycles. The predicted octanol–water partition coefficient (Wildman–Crippen LogP) is 6.89. The summed E-state index contributed by atoms with van der Waals surface area (Å²) in [7, 11) is 0. The molecule has 5 rings (SSSR count). The van der Waals surface area contributed by atoms with E-state index in [0.29, 0.717) is 0 Å². The summed E-state index contributed by atoms with van der Waals surface area (Å²) in [5, 5.41) is 18.1. The maximum Gasteiger partial charge on any atom is 0.0831 e. The van der Waals surface area contributed by atoms with E-state index in [9.17, 15) is 5.11 Å². The molecule has 2 aromatic heterocycles. The molecule has 4 heteroatoms. The van der Waals surface area contributed by atoms with Gasteiger partial charge in [-0.2, -0.15) is 0 Å². The molecule has 0 radical (unpaired) electrons. The van der Waals surface area contributed by atoms with Crippen molar-refractivity contribution in [3.05, 3.63) is 74.6 Å². The Hall–Kier alpha value is -3.00. The number of hydrogen-bond acceptors (Lipinski definition) is 3. The molecule has 0 aliphatic carbocycles. The van der Waals surface area contributed by atoms with Crippen LogP contribution in [0.15, 0.2) is 41.9 Å². The minimum absolute atomic E-state index is 0.0482. The monoisotopic (exact) mass is 454 g/mol. The lowest BCUT2D eigenvalue weighted by Gasteiger charge is -2.43. The Morgan fingerprint density at radius 1 is 1.03 bits per heavy atom. The second-order valence-corrected chi connectivity index (χ2v) is 11.0. The van der Waals surface area contributed by atoms with E-state index >= 15 is 0 Å². The van der Waals surface area contributed by atoms with E-state index in [2.05, 4.69) is 106 Å². The highest BCUT2D eigenvalue weighted by Gasteiger charge is 2.40. The number of thiophene rings is 1. The zero-order valence-corrected chi connectivity index (χ0v) is 20.9. The lowest BCUT2D eigenvalue weighted by molar-refractivity contribution is 0.0868. The molecule has 0 spiro atoms. The molecule has 3 heterocycles. The van der Waals surface area contributed by atoms with Crippen LogP contribution in [0, 0.1) is 32.6 Å². The quantitative estimate of drug-likeness (QED) is 0.274. The maximum absolute atomic E-state index is 11.2. The van der Waals surface area contributed by atoms with Crippen molar-refractivity contribution in [3.8, 4) is 23.0 Å². The van der Waals surface area contributed by atoms with E-state index in [-0.39, 0.29) is 5.92 Å². The first-order valence-electron chi connectivity index (χ1n) is 11.5. The van der Waals surface area contributed by atoms with Crippen LogP contribution in [0.1, 0.15) is 59.4 Å². The fourth-order valence-electron chi connectivity index (χ4n) is 5.15. The van der Waals surface area contributed by atoms with Gasteiger partial charge in [-0.1, -0.05) is 37.0 Å². The SMILES string of the molecule is Cc1cc(C#Cc2c(-c3cccc4c(C)c[nH]c34)cc(C)c3c2[C@H](C)C(O)C(C)(C)N3)cs1. The van der Waals surface area contributed by atoms with Crippen molar-refractivity contribution < 1.29 is 5.11 Å². The van der Waals surface area contributed by atoms with Gasteiger partial charge in [-0.15, -0.1) is 11.3 Å². The normalized spacial score (nSPS) is 19.0. The number of hydrogen-bond donors (Lipinski definition) is 3. The molecule has 168 valence electrons. The van der Waals surface area contributed by atoms with Crippen LogP contribution in [0.25, 0.3) is 22.0 Å². The highest BCUT2D eigenvalue weighted by atomic mass is 32.1.